The molecule has 0 saturated heterocycles. The summed E-state index contributed by atoms with van der Waals surface area (Å²) in [4.78, 5) is 23.2. The first-order valence-corrected chi connectivity index (χ1v) is 6.87. The van der Waals surface area contributed by atoms with E-state index in [9.17, 15) is 14.7 Å². The third kappa shape index (κ3) is 3.50. The number of aliphatic carboxylic acids is 1. The number of aromatic hydroxyl groups is 1. The minimum absolute atomic E-state index is 0.0650. The highest BCUT2D eigenvalue weighted by Gasteiger charge is 2.31. The van der Waals surface area contributed by atoms with E-state index in [2.05, 4.69) is 5.32 Å². The molecular formula is C15H19NO4. The standard InChI is InChI=1S/C15H19NO4/c17-13-8-4-1-5-10(13)9-14(18)16-12-7-3-2-6-11(12)15(19)20/h1,4-5,8,11-12,17H,2-3,6-7,9H2,(H,16,18)(H,19,20). The zero-order chi connectivity index (χ0) is 14.5. The fourth-order valence-electron chi connectivity index (χ4n) is 2.69. The number of amides is 1. The van der Waals surface area contributed by atoms with E-state index < -0.39 is 11.9 Å². The van der Waals surface area contributed by atoms with Crippen LogP contribution in [-0.2, 0) is 16.0 Å². The molecule has 1 saturated carbocycles. The molecule has 5 nitrogen and oxygen atoms in total. The van der Waals surface area contributed by atoms with E-state index in [-0.39, 0.29) is 24.1 Å². The molecule has 1 amide bonds. The molecule has 0 radical (unpaired) electrons. The van der Waals surface area contributed by atoms with Gasteiger partial charge in [0.1, 0.15) is 5.75 Å². The van der Waals surface area contributed by atoms with Crippen LogP contribution in [0.4, 0.5) is 0 Å². The lowest BCUT2D eigenvalue weighted by Crippen LogP contribution is -2.45. The summed E-state index contributed by atoms with van der Waals surface area (Å²) in [5.41, 5.74) is 0.549. The van der Waals surface area contributed by atoms with Gasteiger partial charge >= 0.3 is 5.97 Å². The summed E-state index contributed by atoms with van der Waals surface area (Å²) in [6.45, 7) is 0. The lowest BCUT2D eigenvalue weighted by Gasteiger charge is -2.29. The average Bonchev–Trinajstić information content (AvgIpc) is 2.41. The average molecular weight is 277 g/mol. The van der Waals surface area contributed by atoms with E-state index >= 15 is 0 Å². The zero-order valence-electron chi connectivity index (χ0n) is 11.2. The molecule has 1 aromatic carbocycles. The Hall–Kier alpha value is -2.04. The second kappa shape index (κ2) is 6.41. The molecule has 1 aliphatic carbocycles. The summed E-state index contributed by atoms with van der Waals surface area (Å²) in [5.74, 6) is -1.51. The molecule has 2 atom stereocenters. The molecule has 1 aliphatic rings. The molecule has 0 bridgehead atoms. The molecule has 20 heavy (non-hydrogen) atoms. The Morgan fingerprint density at radius 2 is 1.90 bits per heavy atom. The van der Waals surface area contributed by atoms with E-state index in [0.717, 1.165) is 12.8 Å². The Bertz CT molecular complexity index is 500. The summed E-state index contributed by atoms with van der Waals surface area (Å²) in [7, 11) is 0. The number of carboxylic acid groups (broad SMARTS) is 1. The number of hydrogen-bond acceptors (Lipinski definition) is 3. The van der Waals surface area contributed by atoms with E-state index in [4.69, 9.17) is 5.11 Å². The first-order valence-electron chi connectivity index (χ1n) is 6.87. The van der Waals surface area contributed by atoms with Gasteiger partial charge < -0.3 is 15.5 Å². The van der Waals surface area contributed by atoms with Crippen LogP contribution in [0.1, 0.15) is 31.2 Å². The van der Waals surface area contributed by atoms with Crippen LogP contribution >= 0.6 is 0 Å². The van der Waals surface area contributed by atoms with Crippen LogP contribution in [0.2, 0.25) is 0 Å². The maximum atomic E-state index is 12.0. The molecule has 5 heteroatoms. The Balaban J connectivity index is 1.96. The first kappa shape index (κ1) is 14.4. The Kier molecular flexibility index (Phi) is 4.61. The fraction of sp³-hybridized carbons (Fsp3) is 0.467. The van der Waals surface area contributed by atoms with Gasteiger partial charge in [-0.05, 0) is 18.9 Å². The number of carbonyl (C=O) groups excluding carboxylic acids is 1. The smallest absolute Gasteiger partial charge is 0.308 e. The van der Waals surface area contributed by atoms with E-state index in [0.29, 0.717) is 18.4 Å². The van der Waals surface area contributed by atoms with Crippen LogP contribution in [0.3, 0.4) is 0 Å². The number of carbonyl (C=O) groups is 2. The molecule has 108 valence electrons. The summed E-state index contributed by atoms with van der Waals surface area (Å²) in [6.07, 6.45) is 3.20. The molecule has 0 aromatic heterocycles. The second-order valence-corrected chi connectivity index (χ2v) is 5.21. The summed E-state index contributed by atoms with van der Waals surface area (Å²) in [6, 6.07) is 6.36. The van der Waals surface area contributed by atoms with Crippen LogP contribution in [0.15, 0.2) is 24.3 Å². The molecule has 1 aromatic rings. The van der Waals surface area contributed by atoms with Crippen molar-refractivity contribution in [2.45, 2.75) is 38.1 Å². The van der Waals surface area contributed by atoms with Crippen molar-refractivity contribution in [1.82, 2.24) is 5.32 Å². The third-order valence-electron chi connectivity index (χ3n) is 3.77. The molecule has 0 spiro atoms. The highest BCUT2D eigenvalue weighted by molar-refractivity contribution is 5.80. The van der Waals surface area contributed by atoms with Gasteiger partial charge in [0, 0.05) is 11.6 Å². The van der Waals surface area contributed by atoms with Crippen molar-refractivity contribution in [3.63, 3.8) is 0 Å². The van der Waals surface area contributed by atoms with Crippen molar-refractivity contribution >= 4 is 11.9 Å². The summed E-state index contributed by atoms with van der Waals surface area (Å²) >= 11 is 0. The van der Waals surface area contributed by atoms with Gasteiger partial charge in [0.05, 0.1) is 12.3 Å². The van der Waals surface area contributed by atoms with Gasteiger partial charge in [-0.15, -0.1) is 0 Å². The lowest BCUT2D eigenvalue weighted by molar-refractivity contribution is -0.144. The highest BCUT2D eigenvalue weighted by Crippen LogP contribution is 2.25. The van der Waals surface area contributed by atoms with Gasteiger partial charge in [-0.3, -0.25) is 9.59 Å². The maximum Gasteiger partial charge on any atom is 0.308 e. The Morgan fingerprint density at radius 3 is 2.60 bits per heavy atom. The van der Waals surface area contributed by atoms with Gasteiger partial charge in [-0.2, -0.15) is 0 Å². The summed E-state index contributed by atoms with van der Waals surface area (Å²) < 4.78 is 0. The van der Waals surface area contributed by atoms with Crippen LogP contribution in [0.5, 0.6) is 5.75 Å². The van der Waals surface area contributed by atoms with Crippen molar-refractivity contribution in [2.75, 3.05) is 0 Å². The number of phenols is 1. The van der Waals surface area contributed by atoms with Gasteiger partial charge in [0.25, 0.3) is 0 Å². The van der Waals surface area contributed by atoms with Crippen molar-refractivity contribution in [1.29, 1.82) is 0 Å². The molecule has 0 aliphatic heterocycles. The van der Waals surface area contributed by atoms with E-state index in [1.54, 1.807) is 18.2 Å². The van der Waals surface area contributed by atoms with Crippen LogP contribution < -0.4 is 5.32 Å². The van der Waals surface area contributed by atoms with Crippen molar-refractivity contribution in [2.24, 2.45) is 5.92 Å². The van der Waals surface area contributed by atoms with Crippen LogP contribution in [-0.4, -0.2) is 28.1 Å². The number of rotatable bonds is 4. The highest BCUT2D eigenvalue weighted by atomic mass is 16.4. The van der Waals surface area contributed by atoms with Crippen LogP contribution in [0, 0.1) is 5.92 Å². The summed E-state index contributed by atoms with van der Waals surface area (Å²) in [5, 5.41) is 21.6. The Morgan fingerprint density at radius 1 is 1.20 bits per heavy atom. The second-order valence-electron chi connectivity index (χ2n) is 5.21. The monoisotopic (exact) mass is 277 g/mol. The quantitative estimate of drug-likeness (QED) is 0.781. The number of nitrogens with one attached hydrogen (secondary N) is 1. The molecule has 2 unspecified atom stereocenters. The predicted octanol–water partition coefficient (Wildman–Crippen LogP) is 1.69. The molecule has 3 N–H and O–H groups in total. The topological polar surface area (TPSA) is 86.6 Å². The molecule has 2 rings (SSSR count). The van der Waals surface area contributed by atoms with E-state index in [1.165, 1.54) is 6.07 Å². The number of phenolic OH excluding ortho intramolecular Hbond substituents is 1. The minimum Gasteiger partial charge on any atom is -0.508 e. The van der Waals surface area contributed by atoms with Crippen molar-refractivity contribution < 1.29 is 19.8 Å². The predicted molar refractivity (Wildman–Crippen MR) is 73.3 cm³/mol. The molecule has 0 heterocycles. The Labute approximate surface area is 117 Å². The molecule has 1 fully saturated rings. The van der Waals surface area contributed by atoms with Gasteiger partial charge in [0.2, 0.25) is 5.91 Å². The lowest BCUT2D eigenvalue weighted by atomic mass is 9.84. The fourth-order valence-corrected chi connectivity index (χ4v) is 2.69. The minimum atomic E-state index is -0.849. The first-order chi connectivity index (χ1) is 9.58. The van der Waals surface area contributed by atoms with Crippen molar-refractivity contribution in [3.8, 4) is 5.75 Å². The third-order valence-corrected chi connectivity index (χ3v) is 3.77. The van der Waals surface area contributed by atoms with Crippen molar-refractivity contribution in [3.05, 3.63) is 29.8 Å². The number of benzene rings is 1. The SMILES string of the molecule is O=C(Cc1ccccc1O)NC1CCCCC1C(=O)O. The van der Waals surface area contributed by atoms with Gasteiger partial charge in [0.15, 0.2) is 0 Å². The number of hydrogen-bond donors (Lipinski definition) is 3. The maximum absolute atomic E-state index is 12.0. The normalized spacial score (nSPS) is 22.2. The van der Waals surface area contributed by atoms with Gasteiger partial charge in [-0.1, -0.05) is 31.0 Å². The number of para-hydroxylation sites is 1. The zero-order valence-corrected chi connectivity index (χ0v) is 11.2. The number of carboxylic acids is 1. The largest absolute Gasteiger partial charge is 0.508 e. The molecular weight excluding hydrogens is 258 g/mol. The van der Waals surface area contributed by atoms with E-state index in [1.807, 2.05) is 0 Å². The van der Waals surface area contributed by atoms with Crippen LogP contribution in [0.25, 0.3) is 0 Å². The van der Waals surface area contributed by atoms with Gasteiger partial charge in [-0.25, -0.2) is 0 Å².